The number of aryl methyl sites for hydroxylation is 1. The number of methoxy groups -OCH3 is 2. The lowest BCUT2D eigenvalue weighted by atomic mass is 9.76. The molecule has 3 aromatic rings. The molecule has 0 saturated carbocycles. The van der Waals surface area contributed by atoms with Crippen molar-refractivity contribution in [2.45, 2.75) is 31.3 Å². The fourth-order valence-electron chi connectivity index (χ4n) is 5.96. The molecule has 1 atom stereocenters. The third-order valence-electron chi connectivity index (χ3n) is 7.43. The molecule has 6 nitrogen and oxygen atoms in total. The van der Waals surface area contributed by atoms with Crippen LogP contribution in [-0.2, 0) is 23.2 Å². The van der Waals surface area contributed by atoms with E-state index in [0.717, 1.165) is 50.0 Å². The molecule has 0 saturated heterocycles. The Hall–Kier alpha value is -3.67. The highest BCUT2D eigenvalue weighted by molar-refractivity contribution is 5.97. The molecule has 0 aromatic heterocycles. The maximum atomic E-state index is 13.2. The predicted octanol–water partition coefficient (Wildman–Crippen LogP) is 4.57. The van der Waals surface area contributed by atoms with Gasteiger partial charge in [-0.15, -0.1) is 0 Å². The van der Waals surface area contributed by atoms with Gasteiger partial charge in [-0.1, -0.05) is 18.2 Å². The Morgan fingerprint density at radius 3 is 2.53 bits per heavy atom. The Kier molecular flexibility index (Phi) is 4.73. The topological polar surface area (TPSA) is 68.2 Å². The zero-order chi connectivity index (χ0) is 23.4. The van der Waals surface area contributed by atoms with E-state index in [1.807, 2.05) is 36.4 Å². The normalized spacial score (nSPS) is 20.4. The molecule has 0 aliphatic carbocycles. The molecule has 174 valence electrons. The maximum absolute atomic E-state index is 13.2. The fourth-order valence-corrected chi connectivity index (χ4v) is 5.96. The molecule has 0 spiro atoms. The summed E-state index contributed by atoms with van der Waals surface area (Å²) in [6.45, 7) is 2.02. The largest absolute Gasteiger partial charge is 0.507 e. The van der Waals surface area contributed by atoms with Crippen molar-refractivity contribution in [2.24, 2.45) is 0 Å². The quantitative estimate of drug-likeness (QED) is 0.579. The third kappa shape index (κ3) is 2.77. The summed E-state index contributed by atoms with van der Waals surface area (Å²) in [7, 11) is 3.18. The standard InChI is InChI=1S/C28H27NO5/c1-32-18-11-12-22(24(16-18)33-2)28(21-10-4-3-8-19(21)27(31)34-28)23-15-17-7-5-13-29-14-6-9-20(25(17)29)26(23)30/h3-4,8,10-12,15-16,30H,5-7,9,13-14H2,1-2H3. The van der Waals surface area contributed by atoms with Crippen LogP contribution in [0.1, 0.15) is 51.0 Å². The number of fused-ring (bicyclic) bond motifs is 1. The first-order valence-electron chi connectivity index (χ1n) is 11.8. The molecule has 3 aliphatic rings. The number of carbonyl (C=O) groups is 1. The maximum Gasteiger partial charge on any atom is 0.340 e. The lowest BCUT2D eigenvalue weighted by Gasteiger charge is -2.40. The highest BCUT2D eigenvalue weighted by Gasteiger charge is 2.52. The molecule has 0 bridgehead atoms. The summed E-state index contributed by atoms with van der Waals surface area (Å²) in [4.78, 5) is 15.6. The van der Waals surface area contributed by atoms with Crippen LogP contribution >= 0.6 is 0 Å². The summed E-state index contributed by atoms with van der Waals surface area (Å²) in [6, 6.07) is 14.9. The smallest absolute Gasteiger partial charge is 0.340 e. The average molecular weight is 458 g/mol. The number of aromatic hydroxyl groups is 1. The minimum atomic E-state index is -1.33. The number of nitrogens with zero attached hydrogens (tertiary/aromatic N) is 1. The summed E-state index contributed by atoms with van der Waals surface area (Å²) in [5, 5.41) is 11.8. The van der Waals surface area contributed by atoms with Gasteiger partial charge in [0.25, 0.3) is 0 Å². The van der Waals surface area contributed by atoms with Crippen molar-refractivity contribution < 1.29 is 24.1 Å². The Bertz CT molecular complexity index is 1310. The highest BCUT2D eigenvalue weighted by atomic mass is 16.6. The number of phenols is 1. The minimum Gasteiger partial charge on any atom is -0.507 e. The predicted molar refractivity (Wildman–Crippen MR) is 128 cm³/mol. The van der Waals surface area contributed by atoms with E-state index >= 15 is 0 Å². The van der Waals surface area contributed by atoms with Crippen LogP contribution in [0.25, 0.3) is 0 Å². The summed E-state index contributed by atoms with van der Waals surface area (Å²) in [6.07, 6.45) is 3.77. The second-order valence-corrected chi connectivity index (χ2v) is 9.14. The van der Waals surface area contributed by atoms with Gasteiger partial charge in [0.05, 0.1) is 19.8 Å². The number of esters is 1. The molecule has 1 N–H and O–H groups in total. The molecular formula is C28H27NO5. The number of rotatable bonds is 4. The van der Waals surface area contributed by atoms with Gasteiger partial charge in [0.15, 0.2) is 5.60 Å². The van der Waals surface area contributed by atoms with Gasteiger partial charge in [-0.2, -0.15) is 0 Å². The number of hydrogen-bond acceptors (Lipinski definition) is 6. The van der Waals surface area contributed by atoms with Crippen LogP contribution in [0.2, 0.25) is 0 Å². The molecule has 3 heterocycles. The zero-order valence-corrected chi connectivity index (χ0v) is 19.4. The number of hydrogen-bond donors (Lipinski definition) is 1. The first-order valence-corrected chi connectivity index (χ1v) is 11.8. The minimum absolute atomic E-state index is 0.202. The van der Waals surface area contributed by atoms with E-state index in [0.29, 0.717) is 33.8 Å². The van der Waals surface area contributed by atoms with Crippen LogP contribution in [0.4, 0.5) is 5.69 Å². The zero-order valence-electron chi connectivity index (χ0n) is 19.4. The van der Waals surface area contributed by atoms with Crippen LogP contribution in [0, 0.1) is 0 Å². The number of ether oxygens (including phenoxy) is 3. The van der Waals surface area contributed by atoms with Gasteiger partial charge in [0.2, 0.25) is 0 Å². The number of cyclic esters (lactones) is 1. The van der Waals surface area contributed by atoms with Gasteiger partial charge in [0.1, 0.15) is 17.2 Å². The van der Waals surface area contributed by atoms with Crippen LogP contribution in [0.15, 0.2) is 48.5 Å². The Balaban J connectivity index is 1.70. The van der Waals surface area contributed by atoms with Gasteiger partial charge in [-0.25, -0.2) is 4.79 Å². The van der Waals surface area contributed by atoms with Crippen molar-refractivity contribution >= 4 is 11.7 Å². The van der Waals surface area contributed by atoms with E-state index in [1.54, 1.807) is 26.4 Å². The Labute approximate surface area is 198 Å². The van der Waals surface area contributed by atoms with E-state index < -0.39 is 11.6 Å². The van der Waals surface area contributed by atoms with Crippen LogP contribution < -0.4 is 14.4 Å². The first kappa shape index (κ1) is 20.9. The molecule has 6 rings (SSSR count). The van der Waals surface area contributed by atoms with Crippen molar-refractivity contribution in [2.75, 3.05) is 32.2 Å². The van der Waals surface area contributed by atoms with Gasteiger partial charge >= 0.3 is 5.97 Å². The van der Waals surface area contributed by atoms with Crippen molar-refractivity contribution in [1.29, 1.82) is 0 Å². The monoisotopic (exact) mass is 457 g/mol. The first-order chi connectivity index (χ1) is 16.6. The van der Waals surface area contributed by atoms with E-state index in [2.05, 4.69) is 4.90 Å². The van der Waals surface area contributed by atoms with Gasteiger partial charge in [-0.05, 0) is 55.5 Å². The summed E-state index contributed by atoms with van der Waals surface area (Å²) in [5.74, 6) is 0.943. The molecule has 0 amide bonds. The summed E-state index contributed by atoms with van der Waals surface area (Å²) in [5.41, 5.74) is 4.41. The van der Waals surface area contributed by atoms with Crippen molar-refractivity contribution in [3.05, 3.63) is 81.9 Å². The molecule has 3 aliphatic heterocycles. The van der Waals surface area contributed by atoms with Crippen LogP contribution in [0.3, 0.4) is 0 Å². The summed E-state index contributed by atoms with van der Waals surface area (Å²) >= 11 is 0. The number of benzene rings is 3. The van der Waals surface area contributed by atoms with Gasteiger partial charge in [-0.3, -0.25) is 0 Å². The number of anilines is 1. The van der Waals surface area contributed by atoms with Gasteiger partial charge < -0.3 is 24.2 Å². The number of carbonyl (C=O) groups excluding carboxylic acids is 1. The van der Waals surface area contributed by atoms with E-state index in [4.69, 9.17) is 14.2 Å². The highest BCUT2D eigenvalue weighted by Crippen LogP contribution is 2.55. The average Bonchev–Trinajstić information content (AvgIpc) is 3.18. The Morgan fingerprint density at radius 2 is 1.74 bits per heavy atom. The van der Waals surface area contributed by atoms with Gasteiger partial charge in [0, 0.05) is 47.1 Å². The molecule has 3 aromatic carbocycles. The molecule has 1 unspecified atom stereocenters. The molecular weight excluding hydrogens is 430 g/mol. The molecule has 0 radical (unpaired) electrons. The van der Waals surface area contributed by atoms with E-state index in [9.17, 15) is 9.90 Å². The van der Waals surface area contributed by atoms with Crippen molar-refractivity contribution in [3.8, 4) is 17.2 Å². The number of phenolic OH excluding ortho intramolecular Hbond substituents is 1. The summed E-state index contributed by atoms with van der Waals surface area (Å²) < 4.78 is 17.5. The SMILES string of the molecule is COc1ccc(C2(c3cc4c5c(c3O)CCCN5CCC4)OC(=O)c3ccccc32)c(OC)c1. The van der Waals surface area contributed by atoms with E-state index in [-0.39, 0.29) is 5.75 Å². The lowest BCUT2D eigenvalue weighted by Crippen LogP contribution is -2.36. The second-order valence-electron chi connectivity index (χ2n) is 9.14. The van der Waals surface area contributed by atoms with E-state index in [1.165, 1.54) is 5.56 Å². The molecule has 0 fully saturated rings. The van der Waals surface area contributed by atoms with Crippen LogP contribution in [-0.4, -0.2) is 38.4 Å². The lowest BCUT2D eigenvalue weighted by molar-refractivity contribution is 0.0238. The van der Waals surface area contributed by atoms with Crippen molar-refractivity contribution in [1.82, 2.24) is 0 Å². The Morgan fingerprint density at radius 1 is 0.941 bits per heavy atom. The van der Waals surface area contributed by atoms with Crippen molar-refractivity contribution in [3.63, 3.8) is 0 Å². The van der Waals surface area contributed by atoms with Crippen LogP contribution in [0.5, 0.6) is 17.2 Å². The molecule has 6 heteroatoms. The third-order valence-corrected chi connectivity index (χ3v) is 7.43. The second kappa shape index (κ2) is 7.69. The molecule has 34 heavy (non-hydrogen) atoms. The fraction of sp³-hybridized carbons (Fsp3) is 0.321.